The minimum Gasteiger partial charge on any atom is -0.295 e. The standard InChI is InChI=1S/C23H21Cl2FN4/c1-29-12-16-11-17(24)9-10-20(16)30-21(13-29)27-28-23(30)15-7-5-14(6-8-15)18-3-2-4-19(26)22(18)25/h2-5,9-11,15H,6-8,12-13H2,1H3. The molecule has 0 N–H and O–H groups in total. The molecule has 2 heterocycles. The van der Waals surface area contributed by atoms with Crippen molar-refractivity contribution in [2.24, 2.45) is 0 Å². The van der Waals surface area contributed by atoms with Crippen molar-refractivity contribution in [1.82, 2.24) is 19.7 Å². The third-order valence-electron chi connectivity index (χ3n) is 5.96. The lowest BCUT2D eigenvalue weighted by Crippen LogP contribution is -2.16. The van der Waals surface area contributed by atoms with Crippen molar-refractivity contribution in [2.45, 2.75) is 38.3 Å². The average molecular weight is 443 g/mol. The Bertz CT molecular complexity index is 1150. The lowest BCUT2D eigenvalue weighted by molar-refractivity contribution is 0.315. The molecule has 0 saturated carbocycles. The van der Waals surface area contributed by atoms with Crippen LogP contribution in [0.2, 0.25) is 10.0 Å². The highest BCUT2D eigenvalue weighted by molar-refractivity contribution is 6.32. The van der Waals surface area contributed by atoms with Crippen LogP contribution in [0.15, 0.2) is 42.5 Å². The first-order valence-electron chi connectivity index (χ1n) is 10.1. The highest BCUT2D eigenvalue weighted by Gasteiger charge is 2.28. The maximum atomic E-state index is 13.9. The third kappa shape index (κ3) is 3.45. The van der Waals surface area contributed by atoms with Gasteiger partial charge in [-0.2, -0.15) is 0 Å². The SMILES string of the molecule is CN1Cc2cc(Cl)ccc2-n2c(nnc2C2CC=C(c3cccc(F)c3Cl)CC2)C1. The summed E-state index contributed by atoms with van der Waals surface area (Å²) < 4.78 is 16.1. The van der Waals surface area contributed by atoms with Crippen LogP contribution < -0.4 is 0 Å². The van der Waals surface area contributed by atoms with E-state index in [2.05, 4.69) is 38.9 Å². The number of nitrogens with zero attached hydrogens (tertiary/aromatic N) is 4. The molecule has 1 aliphatic heterocycles. The van der Waals surface area contributed by atoms with Crippen LogP contribution in [0.25, 0.3) is 11.3 Å². The maximum Gasteiger partial charge on any atom is 0.151 e. The van der Waals surface area contributed by atoms with Crippen molar-refractivity contribution in [3.05, 3.63) is 81.1 Å². The van der Waals surface area contributed by atoms with Gasteiger partial charge in [0.25, 0.3) is 0 Å². The van der Waals surface area contributed by atoms with Gasteiger partial charge < -0.3 is 0 Å². The molecule has 0 radical (unpaired) electrons. The molecule has 2 aliphatic rings. The smallest absolute Gasteiger partial charge is 0.151 e. The molecule has 0 amide bonds. The fourth-order valence-corrected chi connectivity index (χ4v) is 4.95. The van der Waals surface area contributed by atoms with Gasteiger partial charge in [0, 0.05) is 17.5 Å². The Morgan fingerprint density at radius 2 is 1.97 bits per heavy atom. The quantitative estimate of drug-likeness (QED) is 0.487. The Morgan fingerprint density at radius 1 is 1.10 bits per heavy atom. The van der Waals surface area contributed by atoms with Gasteiger partial charge in [0.05, 0.1) is 17.3 Å². The van der Waals surface area contributed by atoms with Crippen molar-refractivity contribution in [3.63, 3.8) is 0 Å². The molecule has 0 spiro atoms. The normalized spacial score (nSPS) is 19.1. The van der Waals surface area contributed by atoms with Crippen LogP contribution in [-0.2, 0) is 13.1 Å². The summed E-state index contributed by atoms with van der Waals surface area (Å²) in [6.07, 6.45) is 4.72. The van der Waals surface area contributed by atoms with E-state index in [1.807, 2.05) is 18.2 Å². The first-order chi connectivity index (χ1) is 14.5. The Kier molecular flexibility index (Phi) is 5.13. The number of hydrogen-bond donors (Lipinski definition) is 0. The Hall–Kier alpha value is -2.21. The Labute approximate surface area is 184 Å². The fraction of sp³-hybridized carbons (Fsp3) is 0.304. The van der Waals surface area contributed by atoms with Crippen LogP contribution in [0.1, 0.15) is 48.0 Å². The number of aromatic nitrogens is 3. The highest BCUT2D eigenvalue weighted by Crippen LogP contribution is 2.39. The monoisotopic (exact) mass is 442 g/mol. The lowest BCUT2D eigenvalue weighted by Gasteiger charge is -2.23. The zero-order valence-electron chi connectivity index (χ0n) is 16.6. The van der Waals surface area contributed by atoms with E-state index < -0.39 is 0 Å². The molecule has 0 fully saturated rings. The van der Waals surface area contributed by atoms with E-state index >= 15 is 0 Å². The summed E-state index contributed by atoms with van der Waals surface area (Å²) in [7, 11) is 2.08. The highest BCUT2D eigenvalue weighted by atomic mass is 35.5. The van der Waals surface area contributed by atoms with Crippen LogP contribution >= 0.6 is 23.2 Å². The summed E-state index contributed by atoms with van der Waals surface area (Å²) in [6.45, 7) is 1.54. The van der Waals surface area contributed by atoms with Gasteiger partial charge in [-0.05, 0) is 67.3 Å². The minimum atomic E-state index is -0.376. The molecule has 3 aromatic rings. The van der Waals surface area contributed by atoms with Gasteiger partial charge in [0.2, 0.25) is 0 Å². The van der Waals surface area contributed by atoms with Crippen molar-refractivity contribution in [1.29, 1.82) is 0 Å². The van der Waals surface area contributed by atoms with Crippen molar-refractivity contribution < 1.29 is 4.39 Å². The van der Waals surface area contributed by atoms with Gasteiger partial charge >= 0.3 is 0 Å². The second-order valence-electron chi connectivity index (χ2n) is 8.06. The summed E-state index contributed by atoms with van der Waals surface area (Å²) in [5, 5.41) is 10.0. The molecular formula is C23H21Cl2FN4. The molecule has 2 aromatic carbocycles. The molecule has 1 aliphatic carbocycles. The number of hydrogen-bond acceptors (Lipinski definition) is 3. The molecule has 154 valence electrons. The summed E-state index contributed by atoms with van der Waals surface area (Å²) in [5.41, 5.74) is 4.15. The van der Waals surface area contributed by atoms with E-state index in [-0.39, 0.29) is 16.8 Å². The minimum absolute atomic E-state index is 0.201. The molecule has 1 unspecified atom stereocenters. The maximum absolute atomic E-state index is 13.9. The van der Waals surface area contributed by atoms with Crippen LogP contribution in [0.3, 0.4) is 0 Å². The molecule has 0 saturated heterocycles. The fourth-order valence-electron chi connectivity index (χ4n) is 4.51. The van der Waals surface area contributed by atoms with E-state index in [1.54, 1.807) is 6.07 Å². The van der Waals surface area contributed by atoms with Crippen LogP contribution in [-0.4, -0.2) is 26.7 Å². The molecule has 7 heteroatoms. The zero-order chi connectivity index (χ0) is 20.8. The second kappa shape index (κ2) is 7.80. The van der Waals surface area contributed by atoms with E-state index in [0.717, 1.165) is 65.8 Å². The summed E-state index contributed by atoms with van der Waals surface area (Å²) in [5.74, 6) is 1.79. The van der Waals surface area contributed by atoms with Crippen LogP contribution in [0, 0.1) is 5.82 Å². The van der Waals surface area contributed by atoms with E-state index in [4.69, 9.17) is 23.2 Å². The molecule has 5 rings (SSSR count). The molecule has 4 nitrogen and oxygen atoms in total. The molecule has 30 heavy (non-hydrogen) atoms. The summed E-state index contributed by atoms with van der Waals surface area (Å²) in [6, 6.07) is 11.0. The Balaban J connectivity index is 1.50. The van der Waals surface area contributed by atoms with Crippen molar-refractivity contribution >= 4 is 28.8 Å². The molecule has 0 bridgehead atoms. The number of fused-ring (bicyclic) bond motifs is 3. The van der Waals surface area contributed by atoms with Crippen molar-refractivity contribution in [3.8, 4) is 5.69 Å². The van der Waals surface area contributed by atoms with Gasteiger partial charge in [0.15, 0.2) is 5.82 Å². The van der Waals surface area contributed by atoms with Gasteiger partial charge in [-0.3, -0.25) is 9.47 Å². The van der Waals surface area contributed by atoms with Gasteiger partial charge in [-0.15, -0.1) is 10.2 Å². The van der Waals surface area contributed by atoms with Crippen molar-refractivity contribution in [2.75, 3.05) is 7.05 Å². The van der Waals surface area contributed by atoms with Gasteiger partial charge in [0.1, 0.15) is 11.6 Å². The zero-order valence-corrected chi connectivity index (χ0v) is 18.1. The van der Waals surface area contributed by atoms with Crippen LogP contribution in [0.5, 0.6) is 0 Å². The third-order valence-corrected chi connectivity index (χ3v) is 6.58. The second-order valence-corrected chi connectivity index (χ2v) is 8.87. The largest absolute Gasteiger partial charge is 0.295 e. The topological polar surface area (TPSA) is 34.0 Å². The summed E-state index contributed by atoms with van der Waals surface area (Å²) >= 11 is 12.5. The van der Waals surface area contributed by atoms with E-state index in [1.165, 1.54) is 11.6 Å². The first kappa shape index (κ1) is 19.7. The van der Waals surface area contributed by atoms with Crippen LogP contribution in [0.4, 0.5) is 4.39 Å². The predicted octanol–water partition coefficient (Wildman–Crippen LogP) is 6.01. The number of rotatable bonds is 2. The first-order valence-corrected chi connectivity index (χ1v) is 10.8. The molecule has 1 atom stereocenters. The molecule has 1 aromatic heterocycles. The number of benzene rings is 2. The van der Waals surface area contributed by atoms with E-state index in [0.29, 0.717) is 0 Å². The molecular weight excluding hydrogens is 422 g/mol. The van der Waals surface area contributed by atoms with Gasteiger partial charge in [-0.1, -0.05) is 41.4 Å². The number of allylic oxidation sites excluding steroid dienone is 2. The number of halogens is 3. The average Bonchev–Trinajstić information content (AvgIpc) is 3.07. The van der Waals surface area contributed by atoms with E-state index in [9.17, 15) is 4.39 Å². The van der Waals surface area contributed by atoms with Gasteiger partial charge in [-0.25, -0.2) is 4.39 Å². The summed E-state index contributed by atoms with van der Waals surface area (Å²) in [4.78, 5) is 2.22. The predicted molar refractivity (Wildman–Crippen MR) is 118 cm³/mol. The lowest BCUT2D eigenvalue weighted by atomic mass is 9.86. The Morgan fingerprint density at radius 3 is 2.77 bits per heavy atom.